The number of hydrogen-bond acceptors (Lipinski definition) is 3. The van der Waals surface area contributed by atoms with Crippen molar-refractivity contribution in [2.24, 2.45) is 5.92 Å². The van der Waals surface area contributed by atoms with E-state index in [4.69, 9.17) is 5.11 Å². The van der Waals surface area contributed by atoms with Gasteiger partial charge in [0.15, 0.2) is 0 Å². The van der Waals surface area contributed by atoms with Crippen LogP contribution < -0.4 is 5.32 Å². The predicted octanol–water partition coefficient (Wildman–Crippen LogP) is 2.07. The molecule has 6 nitrogen and oxygen atoms in total. The van der Waals surface area contributed by atoms with Gasteiger partial charge in [0.05, 0.1) is 12.0 Å². The molecular weight excluding hydrogens is 270 g/mol. The molecule has 1 rings (SSSR count). The van der Waals surface area contributed by atoms with Crippen molar-refractivity contribution in [3.8, 4) is 0 Å². The Morgan fingerprint density at radius 1 is 1.43 bits per heavy atom. The van der Waals surface area contributed by atoms with Gasteiger partial charge >= 0.3 is 12.0 Å². The minimum absolute atomic E-state index is 0.155. The molecule has 0 saturated heterocycles. The zero-order valence-electron chi connectivity index (χ0n) is 13.0. The lowest BCUT2D eigenvalue weighted by Gasteiger charge is -2.24. The van der Waals surface area contributed by atoms with Crippen LogP contribution in [-0.2, 0) is 11.2 Å². The van der Waals surface area contributed by atoms with Gasteiger partial charge in [0.2, 0.25) is 0 Å². The van der Waals surface area contributed by atoms with Gasteiger partial charge in [-0.2, -0.15) is 0 Å². The number of carbonyl (C=O) groups is 2. The maximum Gasteiger partial charge on any atom is 0.317 e. The van der Waals surface area contributed by atoms with Gasteiger partial charge < -0.3 is 15.3 Å². The van der Waals surface area contributed by atoms with E-state index in [1.807, 2.05) is 19.9 Å². The first-order valence-corrected chi connectivity index (χ1v) is 7.04. The lowest BCUT2D eigenvalue weighted by Crippen LogP contribution is -2.41. The minimum atomic E-state index is -0.912. The fourth-order valence-corrected chi connectivity index (χ4v) is 2.10. The van der Waals surface area contributed by atoms with Crippen LogP contribution in [0.4, 0.5) is 4.79 Å². The number of carbonyl (C=O) groups excluding carboxylic acids is 1. The van der Waals surface area contributed by atoms with Crippen LogP contribution in [0.25, 0.3) is 0 Å². The highest BCUT2D eigenvalue weighted by Gasteiger charge is 2.19. The van der Waals surface area contributed by atoms with Crippen molar-refractivity contribution in [3.63, 3.8) is 0 Å². The highest BCUT2D eigenvalue weighted by molar-refractivity contribution is 5.76. The van der Waals surface area contributed by atoms with E-state index in [1.54, 1.807) is 26.4 Å². The molecule has 1 heterocycles. The number of amides is 2. The summed E-state index contributed by atoms with van der Waals surface area (Å²) in [6, 6.07) is 1.46. The highest BCUT2D eigenvalue weighted by Crippen LogP contribution is 2.17. The zero-order chi connectivity index (χ0) is 16.0. The monoisotopic (exact) mass is 293 g/mol. The van der Waals surface area contributed by atoms with E-state index >= 15 is 0 Å². The van der Waals surface area contributed by atoms with Gasteiger partial charge in [0.1, 0.15) is 0 Å². The van der Waals surface area contributed by atoms with E-state index in [0.717, 1.165) is 17.5 Å². The molecule has 0 radical (unpaired) electrons. The molecule has 6 heteroatoms. The number of hydrogen-bond donors (Lipinski definition) is 2. The van der Waals surface area contributed by atoms with Crippen molar-refractivity contribution >= 4 is 12.0 Å². The molecule has 2 unspecified atom stereocenters. The maximum absolute atomic E-state index is 12.1. The number of pyridine rings is 1. The smallest absolute Gasteiger partial charge is 0.317 e. The Hall–Kier alpha value is -2.11. The first-order valence-electron chi connectivity index (χ1n) is 7.04. The summed E-state index contributed by atoms with van der Waals surface area (Å²) in [5.74, 6) is -1.51. The third-order valence-corrected chi connectivity index (χ3v) is 3.44. The first kappa shape index (κ1) is 16.9. The van der Waals surface area contributed by atoms with E-state index in [2.05, 4.69) is 10.3 Å². The summed E-state index contributed by atoms with van der Waals surface area (Å²) in [5, 5.41) is 11.8. The second-order valence-corrected chi connectivity index (χ2v) is 5.22. The molecule has 0 fully saturated rings. The third kappa shape index (κ3) is 4.73. The number of carboxylic acid groups (broad SMARTS) is 1. The molecule has 2 atom stereocenters. The van der Waals surface area contributed by atoms with Crippen LogP contribution in [-0.4, -0.2) is 40.6 Å². The van der Waals surface area contributed by atoms with Gasteiger partial charge in [-0.15, -0.1) is 0 Å². The van der Waals surface area contributed by atoms with E-state index in [1.165, 1.54) is 4.90 Å². The summed E-state index contributed by atoms with van der Waals surface area (Å²) in [5.41, 5.74) is 2.12. The fraction of sp³-hybridized carbons (Fsp3) is 0.533. The van der Waals surface area contributed by atoms with Gasteiger partial charge in [-0.05, 0) is 30.5 Å². The van der Waals surface area contributed by atoms with Gasteiger partial charge in [0, 0.05) is 26.0 Å². The first-order chi connectivity index (χ1) is 9.86. The molecule has 1 aromatic rings. The summed E-state index contributed by atoms with van der Waals surface area (Å²) >= 11 is 0. The third-order valence-electron chi connectivity index (χ3n) is 3.44. The van der Waals surface area contributed by atoms with Crippen molar-refractivity contribution in [1.82, 2.24) is 15.2 Å². The molecule has 2 N–H and O–H groups in total. The number of nitrogens with one attached hydrogen (secondary N) is 1. The van der Waals surface area contributed by atoms with Crippen LogP contribution in [0.2, 0.25) is 0 Å². The Kier molecular flexibility index (Phi) is 6.14. The van der Waals surface area contributed by atoms with Crippen molar-refractivity contribution in [2.75, 3.05) is 13.6 Å². The van der Waals surface area contributed by atoms with Crippen LogP contribution in [0.1, 0.15) is 37.9 Å². The van der Waals surface area contributed by atoms with Crippen LogP contribution in [0.3, 0.4) is 0 Å². The standard InChI is InChI=1S/C15H23N3O3/c1-5-12-8-16-7-6-13(12)11(3)17-15(21)18(4)9-10(2)14(19)20/h6-8,10-11H,5,9H2,1-4H3,(H,17,21)(H,19,20). The molecule has 1 aromatic heterocycles. The summed E-state index contributed by atoms with van der Waals surface area (Å²) in [6.07, 6.45) is 4.34. The Morgan fingerprint density at radius 3 is 2.67 bits per heavy atom. The van der Waals surface area contributed by atoms with Gasteiger partial charge in [-0.25, -0.2) is 4.79 Å². The predicted molar refractivity (Wildman–Crippen MR) is 80.0 cm³/mol. The largest absolute Gasteiger partial charge is 0.481 e. The molecule has 0 aliphatic heterocycles. The maximum atomic E-state index is 12.1. The molecule has 21 heavy (non-hydrogen) atoms. The van der Waals surface area contributed by atoms with Crippen LogP contribution >= 0.6 is 0 Å². The Morgan fingerprint density at radius 2 is 2.10 bits per heavy atom. The number of carboxylic acids is 1. The van der Waals surface area contributed by atoms with Crippen LogP contribution in [0, 0.1) is 5.92 Å². The molecule has 0 aliphatic rings. The SMILES string of the molecule is CCc1cnccc1C(C)NC(=O)N(C)CC(C)C(=O)O. The second kappa shape index (κ2) is 7.61. The normalized spacial score (nSPS) is 13.3. The lowest BCUT2D eigenvalue weighted by molar-refractivity contribution is -0.141. The van der Waals surface area contributed by atoms with Crippen molar-refractivity contribution in [1.29, 1.82) is 0 Å². The lowest BCUT2D eigenvalue weighted by atomic mass is 10.0. The average molecular weight is 293 g/mol. The van der Waals surface area contributed by atoms with Crippen LogP contribution in [0.15, 0.2) is 18.5 Å². The summed E-state index contributed by atoms with van der Waals surface area (Å²) in [7, 11) is 1.59. The molecule has 0 bridgehead atoms. The van der Waals surface area contributed by atoms with E-state index in [0.29, 0.717) is 0 Å². The van der Waals surface area contributed by atoms with Crippen molar-refractivity contribution < 1.29 is 14.7 Å². The Balaban J connectivity index is 2.67. The van der Waals surface area contributed by atoms with Gasteiger partial charge in [-0.1, -0.05) is 13.8 Å². The number of nitrogens with zero attached hydrogens (tertiary/aromatic N) is 2. The Labute approximate surface area is 125 Å². The highest BCUT2D eigenvalue weighted by atomic mass is 16.4. The van der Waals surface area contributed by atoms with Gasteiger partial charge in [-0.3, -0.25) is 9.78 Å². The summed E-state index contributed by atoms with van der Waals surface area (Å²) < 4.78 is 0. The Bertz CT molecular complexity index is 505. The number of urea groups is 1. The molecule has 116 valence electrons. The number of aryl methyl sites for hydroxylation is 1. The summed E-state index contributed by atoms with van der Waals surface area (Å²) in [4.78, 5) is 28.4. The summed E-state index contributed by atoms with van der Waals surface area (Å²) in [6.45, 7) is 5.69. The quantitative estimate of drug-likeness (QED) is 0.841. The molecule has 0 saturated carbocycles. The number of aromatic nitrogens is 1. The van der Waals surface area contributed by atoms with Crippen LogP contribution in [0.5, 0.6) is 0 Å². The average Bonchev–Trinajstić information content (AvgIpc) is 2.46. The zero-order valence-corrected chi connectivity index (χ0v) is 13.0. The fourth-order valence-electron chi connectivity index (χ4n) is 2.10. The van der Waals surface area contributed by atoms with Gasteiger partial charge in [0.25, 0.3) is 0 Å². The van der Waals surface area contributed by atoms with E-state index in [-0.39, 0.29) is 18.6 Å². The molecule has 2 amide bonds. The van der Waals surface area contributed by atoms with Crippen molar-refractivity contribution in [3.05, 3.63) is 29.6 Å². The molecular formula is C15H23N3O3. The minimum Gasteiger partial charge on any atom is -0.481 e. The molecule has 0 spiro atoms. The number of aliphatic carboxylic acids is 1. The second-order valence-electron chi connectivity index (χ2n) is 5.22. The molecule has 0 aromatic carbocycles. The molecule has 0 aliphatic carbocycles. The van der Waals surface area contributed by atoms with E-state index < -0.39 is 11.9 Å². The van der Waals surface area contributed by atoms with E-state index in [9.17, 15) is 9.59 Å². The number of rotatable bonds is 6. The topological polar surface area (TPSA) is 82.5 Å². The van der Waals surface area contributed by atoms with Crippen molar-refractivity contribution in [2.45, 2.75) is 33.2 Å².